The highest BCUT2D eigenvalue weighted by molar-refractivity contribution is 7.25. The van der Waals surface area contributed by atoms with E-state index in [0.717, 1.165) is 22.7 Å². The molecule has 0 bridgehead atoms. The van der Waals surface area contributed by atoms with E-state index >= 15 is 0 Å². The number of thiophene rings is 1. The summed E-state index contributed by atoms with van der Waals surface area (Å²) in [5, 5.41) is 5.09. The molecule has 0 amide bonds. The molecular weight excluding hydrogens is 673 g/mol. The lowest BCUT2D eigenvalue weighted by molar-refractivity contribution is 0.660. The van der Waals surface area contributed by atoms with Crippen LogP contribution in [0.1, 0.15) is 25.0 Å². The second-order valence-corrected chi connectivity index (χ2v) is 16.0. The molecule has 0 fully saturated rings. The highest BCUT2D eigenvalue weighted by Crippen LogP contribution is 2.51. The van der Waals surface area contributed by atoms with E-state index in [-0.39, 0.29) is 5.41 Å². The average molecular weight is 709 g/mol. The molecule has 3 heteroatoms. The number of hydrogen-bond donors (Lipinski definition) is 0. The molecule has 0 N–H and O–H groups in total. The summed E-state index contributed by atoms with van der Waals surface area (Å²) in [7, 11) is 0. The largest absolute Gasteiger partial charge is 0.310 e. The van der Waals surface area contributed by atoms with Gasteiger partial charge < -0.3 is 9.47 Å². The Labute approximate surface area is 318 Å². The van der Waals surface area contributed by atoms with Crippen molar-refractivity contribution in [3.8, 4) is 27.9 Å². The zero-order chi connectivity index (χ0) is 36.0. The van der Waals surface area contributed by atoms with Crippen molar-refractivity contribution in [3.63, 3.8) is 0 Å². The normalized spacial score (nSPS) is 13.1. The summed E-state index contributed by atoms with van der Waals surface area (Å²) in [4.78, 5) is 2.45. The first-order chi connectivity index (χ1) is 26.5. The van der Waals surface area contributed by atoms with E-state index in [0.29, 0.717) is 0 Å². The third kappa shape index (κ3) is 4.58. The molecular formula is C51H36N2S. The summed E-state index contributed by atoms with van der Waals surface area (Å²) in [6, 6.07) is 67.2. The van der Waals surface area contributed by atoms with Gasteiger partial charge in [0.15, 0.2) is 0 Å². The quantitative estimate of drug-likeness (QED) is 0.173. The van der Waals surface area contributed by atoms with Crippen LogP contribution in [0, 0.1) is 0 Å². The summed E-state index contributed by atoms with van der Waals surface area (Å²) >= 11 is 1.87. The predicted molar refractivity (Wildman–Crippen MR) is 231 cm³/mol. The fourth-order valence-corrected chi connectivity index (χ4v) is 10.2. The van der Waals surface area contributed by atoms with E-state index in [1.807, 2.05) is 11.3 Å². The van der Waals surface area contributed by atoms with Gasteiger partial charge in [-0.15, -0.1) is 11.3 Å². The number of anilines is 3. The van der Waals surface area contributed by atoms with E-state index in [1.165, 1.54) is 75.4 Å². The van der Waals surface area contributed by atoms with Crippen molar-refractivity contribution < 1.29 is 0 Å². The molecule has 1 aliphatic carbocycles. The summed E-state index contributed by atoms with van der Waals surface area (Å²) in [6.07, 6.45) is 0. The van der Waals surface area contributed by atoms with Gasteiger partial charge in [-0.25, -0.2) is 0 Å². The molecule has 256 valence electrons. The molecule has 0 atom stereocenters. The minimum absolute atomic E-state index is 0.109. The van der Waals surface area contributed by atoms with Gasteiger partial charge in [0.2, 0.25) is 0 Å². The molecule has 11 rings (SSSR count). The highest BCUT2D eigenvalue weighted by Gasteiger charge is 2.36. The Morgan fingerprint density at radius 2 is 1.13 bits per heavy atom. The molecule has 54 heavy (non-hydrogen) atoms. The van der Waals surface area contributed by atoms with Crippen molar-refractivity contribution >= 4 is 70.4 Å². The summed E-state index contributed by atoms with van der Waals surface area (Å²) in [5.74, 6) is 0. The lowest BCUT2D eigenvalue weighted by atomic mass is 9.82. The molecule has 0 radical (unpaired) electrons. The number of rotatable bonds is 5. The molecule has 1 aliphatic rings. The van der Waals surface area contributed by atoms with Crippen molar-refractivity contribution in [1.29, 1.82) is 0 Å². The van der Waals surface area contributed by atoms with Crippen LogP contribution in [-0.4, -0.2) is 4.57 Å². The number of fused-ring (bicyclic) bond motifs is 9. The van der Waals surface area contributed by atoms with Gasteiger partial charge in [-0.1, -0.05) is 129 Å². The van der Waals surface area contributed by atoms with E-state index in [2.05, 4.69) is 205 Å². The van der Waals surface area contributed by atoms with Gasteiger partial charge >= 0.3 is 0 Å². The smallest absolute Gasteiger partial charge is 0.0621 e. The van der Waals surface area contributed by atoms with Crippen LogP contribution in [0.5, 0.6) is 0 Å². The minimum atomic E-state index is -0.109. The van der Waals surface area contributed by atoms with Gasteiger partial charge in [0, 0.05) is 64.7 Å². The van der Waals surface area contributed by atoms with Gasteiger partial charge in [0.1, 0.15) is 0 Å². The zero-order valence-electron chi connectivity index (χ0n) is 30.1. The first-order valence-corrected chi connectivity index (χ1v) is 19.5. The van der Waals surface area contributed by atoms with Gasteiger partial charge in [0.05, 0.1) is 11.0 Å². The van der Waals surface area contributed by atoms with Crippen LogP contribution in [0.3, 0.4) is 0 Å². The van der Waals surface area contributed by atoms with Gasteiger partial charge in [0.25, 0.3) is 0 Å². The predicted octanol–water partition coefficient (Wildman–Crippen LogP) is 14.6. The Balaban J connectivity index is 1.22. The van der Waals surface area contributed by atoms with Gasteiger partial charge in [-0.3, -0.25) is 0 Å². The molecule has 0 saturated carbocycles. The number of benzene rings is 8. The summed E-state index contributed by atoms with van der Waals surface area (Å²) < 4.78 is 5.08. The van der Waals surface area contributed by atoms with Crippen molar-refractivity contribution in [1.82, 2.24) is 4.57 Å². The second kappa shape index (κ2) is 11.8. The van der Waals surface area contributed by atoms with Gasteiger partial charge in [-0.05, 0) is 94.5 Å². The van der Waals surface area contributed by atoms with Crippen LogP contribution >= 0.6 is 11.3 Å². The minimum Gasteiger partial charge on any atom is -0.310 e. The van der Waals surface area contributed by atoms with Crippen LogP contribution in [-0.2, 0) is 5.41 Å². The molecule has 0 saturated heterocycles. The van der Waals surface area contributed by atoms with E-state index < -0.39 is 0 Å². The Kier molecular flexibility index (Phi) is 6.80. The lowest BCUT2D eigenvalue weighted by Gasteiger charge is -2.29. The highest BCUT2D eigenvalue weighted by atomic mass is 32.1. The molecule has 10 aromatic rings. The maximum Gasteiger partial charge on any atom is 0.0621 e. The van der Waals surface area contributed by atoms with E-state index in [1.54, 1.807) is 0 Å². The number of hydrogen-bond acceptors (Lipinski definition) is 2. The number of nitrogens with zero attached hydrogens (tertiary/aromatic N) is 2. The standard InChI is InChI=1S/C51H36N2S/c1-51(2)45-22-12-9-19-38(45)39-28-26-36(32-46(39)51)52(34-15-5-3-6-16-34)37-30-43(33-25-27-42-41-21-11-14-24-48(41)54-49(42)29-33)50-44(31-37)40-20-10-13-23-47(40)53(50)35-17-7-4-8-18-35/h3-32H,1-2H3. The van der Waals surface area contributed by atoms with E-state index in [9.17, 15) is 0 Å². The van der Waals surface area contributed by atoms with E-state index in [4.69, 9.17) is 0 Å². The summed E-state index contributed by atoms with van der Waals surface area (Å²) in [5.41, 5.74) is 14.7. The Hall–Kier alpha value is -6.42. The molecule has 2 nitrogen and oxygen atoms in total. The maximum atomic E-state index is 2.46. The lowest BCUT2D eigenvalue weighted by Crippen LogP contribution is -2.16. The van der Waals surface area contributed by atoms with Gasteiger partial charge in [-0.2, -0.15) is 0 Å². The van der Waals surface area contributed by atoms with Crippen LogP contribution in [0.25, 0.3) is 69.9 Å². The first kappa shape index (κ1) is 31.1. The van der Waals surface area contributed by atoms with Crippen molar-refractivity contribution in [2.45, 2.75) is 19.3 Å². The maximum absolute atomic E-state index is 2.46. The topological polar surface area (TPSA) is 8.17 Å². The fourth-order valence-electron chi connectivity index (χ4n) is 9.03. The fraction of sp³-hybridized carbons (Fsp3) is 0.0588. The monoisotopic (exact) mass is 708 g/mol. The molecule has 2 heterocycles. The third-order valence-corrected chi connectivity index (χ3v) is 12.7. The van der Waals surface area contributed by atoms with Crippen molar-refractivity contribution in [2.24, 2.45) is 0 Å². The number of aromatic nitrogens is 1. The molecule has 8 aromatic carbocycles. The number of para-hydroxylation sites is 3. The molecule has 0 aliphatic heterocycles. The third-order valence-electron chi connectivity index (χ3n) is 11.6. The van der Waals surface area contributed by atoms with Crippen LogP contribution in [0.4, 0.5) is 17.1 Å². The summed E-state index contributed by atoms with van der Waals surface area (Å²) in [6.45, 7) is 4.72. The Morgan fingerprint density at radius 1 is 0.444 bits per heavy atom. The molecule has 0 unspecified atom stereocenters. The van der Waals surface area contributed by atoms with Crippen LogP contribution in [0.15, 0.2) is 182 Å². The zero-order valence-corrected chi connectivity index (χ0v) is 30.9. The first-order valence-electron chi connectivity index (χ1n) is 18.7. The van der Waals surface area contributed by atoms with Crippen molar-refractivity contribution in [2.75, 3.05) is 4.90 Å². The average Bonchev–Trinajstić information content (AvgIpc) is 3.84. The second-order valence-electron chi connectivity index (χ2n) is 15.0. The van der Waals surface area contributed by atoms with Crippen molar-refractivity contribution in [3.05, 3.63) is 193 Å². The SMILES string of the molecule is CC1(C)c2ccccc2-c2ccc(N(c3ccccc3)c3cc(-c4ccc5c(c4)sc4ccccc45)c4c(c3)c3ccccc3n4-c3ccccc3)cc21. The van der Waals surface area contributed by atoms with Crippen LogP contribution < -0.4 is 4.90 Å². The molecule has 2 aromatic heterocycles. The van der Waals surface area contributed by atoms with Crippen LogP contribution in [0.2, 0.25) is 0 Å². The molecule has 0 spiro atoms. The Bertz CT molecular complexity index is 3080. The Morgan fingerprint density at radius 3 is 1.98 bits per heavy atom.